The molecule has 8 heteroatoms. The molecule has 0 unspecified atom stereocenters. The van der Waals surface area contributed by atoms with Crippen LogP contribution >= 0.6 is 11.3 Å². The van der Waals surface area contributed by atoms with Crippen molar-refractivity contribution >= 4 is 17.2 Å². The summed E-state index contributed by atoms with van der Waals surface area (Å²) in [6, 6.07) is 10.5. The van der Waals surface area contributed by atoms with Gasteiger partial charge in [0.15, 0.2) is 11.5 Å². The number of thiazole rings is 1. The van der Waals surface area contributed by atoms with Crippen LogP contribution in [0.5, 0.6) is 23.0 Å². The number of carbonyl (C=O) groups excluding carboxylic acids is 1. The number of carbonyl (C=O) groups is 1. The van der Waals surface area contributed by atoms with Crippen molar-refractivity contribution in [2.75, 3.05) is 21.3 Å². The second kappa shape index (κ2) is 9.79. The summed E-state index contributed by atoms with van der Waals surface area (Å²) >= 11 is 1.51. The molecule has 0 atom stereocenters. The van der Waals surface area contributed by atoms with E-state index in [2.05, 4.69) is 10.3 Å². The van der Waals surface area contributed by atoms with Gasteiger partial charge in [0, 0.05) is 23.6 Å². The van der Waals surface area contributed by atoms with Gasteiger partial charge in [-0.25, -0.2) is 4.98 Å². The first-order chi connectivity index (χ1) is 14.1. The molecule has 0 aliphatic heterocycles. The molecule has 0 radical (unpaired) electrons. The third-order valence-electron chi connectivity index (χ3n) is 4.15. The molecule has 0 aliphatic rings. The first kappa shape index (κ1) is 20.5. The average molecular weight is 414 g/mol. The molecule has 1 N–H and O–H groups in total. The van der Waals surface area contributed by atoms with E-state index in [4.69, 9.17) is 18.9 Å². The molecule has 0 saturated carbocycles. The summed E-state index contributed by atoms with van der Waals surface area (Å²) in [7, 11) is 4.71. The fourth-order valence-corrected chi connectivity index (χ4v) is 3.18. The van der Waals surface area contributed by atoms with E-state index in [0.29, 0.717) is 41.7 Å². The first-order valence-electron chi connectivity index (χ1n) is 8.81. The Labute approximate surface area is 173 Å². The van der Waals surface area contributed by atoms with E-state index in [0.717, 1.165) is 11.3 Å². The third-order valence-corrected chi connectivity index (χ3v) is 4.78. The zero-order valence-corrected chi connectivity index (χ0v) is 17.2. The molecular weight excluding hydrogens is 392 g/mol. The number of hydrogen-bond donors (Lipinski definition) is 1. The Morgan fingerprint density at radius 1 is 1.00 bits per heavy atom. The number of nitrogens with zero attached hydrogens (tertiary/aromatic N) is 1. The molecule has 3 aromatic rings. The number of methoxy groups -OCH3 is 3. The van der Waals surface area contributed by atoms with Crippen molar-refractivity contribution in [1.29, 1.82) is 0 Å². The fraction of sp³-hybridized carbons (Fsp3) is 0.238. The molecule has 152 valence electrons. The lowest BCUT2D eigenvalue weighted by Crippen LogP contribution is -2.22. The van der Waals surface area contributed by atoms with Crippen molar-refractivity contribution in [3.63, 3.8) is 0 Å². The Kier molecular flexibility index (Phi) is 6.91. The SMILES string of the molecule is COc1cc(CNC(=O)c2ccc(OCc3cscn3)c(OC)c2)cc(OC)c1. The monoisotopic (exact) mass is 414 g/mol. The van der Waals surface area contributed by atoms with E-state index in [-0.39, 0.29) is 5.91 Å². The van der Waals surface area contributed by atoms with Crippen LogP contribution in [0.4, 0.5) is 0 Å². The molecule has 1 aromatic heterocycles. The number of nitrogens with one attached hydrogen (secondary N) is 1. The van der Waals surface area contributed by atoms with Crippen LogP contribution in [-0.2, 0) is 13.2 Å². The highest BCUT2D eigenvalue weighted by Crippen LogP contribution is 2.29. The zero-order chi connectivity index (χ0) is 20.6. The number of hydrogen-bond acceptors (Lipinski definition) is 7. The van der Waals surface area contributed by atoms with Crippen LogP contribution in [0.15, 0.2) is 47.3 Å². The summed E-state index contributed by atoms with van der Waals surface area (Å²) in [4.78, 5) is 16.8. The summed E-state index contributed by atoms with van der Waals surface area (Å²) in [5.74, 6) is 2.13. The van der Waals surface area contributed by atoms with Gasteiger partial charge < -0.3 is 24.3 Å². The van der Waals surface area contributed by atoms with Crippen LogP contribution < -0.4 is 24.3 Å². The molecule has 1 heterocycles. The molecule has 7 nitrogen and oxygen atoms in total. The number of benzene rings is 2. The zero-order valence-electron chi connectivity index (χ0n) is 16.4. The summed E-state index contributed by atoms with van der Waals surface area (Å²) in [5.41, 5.74) is 3.93. The summed E-state index contributed by atoms with van der Waals surface area (Å²) in [6.45, 7) is 0.667. The van der Waals surface area contributed by atoms with Gasteiger partial charge in [-0.05, 0) is 35.9 Å². The van der Waals surface area contributed by atoms with Crippen molar-refractivity contribution in [3.05, 3.63) is 64.1 Å². The highest BCUT2D eigenvalue weighted by molar-refractivity contribution is 7.07. The van der Waals surface area contributed by atoms with Crippen LogP contribution in [0.2, 0.25) is 0 Å². The number of amides is 1. The van der Waals surface area contributed by atoms with Crippen molar-refractivity contribution in [2.24, 2.45) is 0 Å². The van der Waals surface area contributed by atoms with Crippen LogP contribution in [0.3, 0.4) is 0 Å². The molecule has 0 saturated heterocycles. The van der Waals surface area contributed by atoms with Crippen molar-refractivity contribution in [3.8, 4) is 23.0 Å². The Morgan fingerprint density at radius 2 is 1.76 bits per heavy atom. The van der Waals surface area contributed by atoms with Crippen LogP contribution in [-0.4, -0.2) is 32.2 Å². The summed E-state index contributed by atoms with van der Waals surface area (Å²) in [5, 5.41) is 4.81. The van der Waals surface area contributed by atoms with Gasteiger partial charge in [0.05, 0.1) is 32.5 Å². The molecule has 0 bridgehead atoms. The van der Waals surface area contributed by atoms with Crippen molar-refractivity contribution in [2.45, 2.75) is 13.2 Å². The van der Waals surface area contributed by atoms with Gasteiger partial charge in [-0.3, -0.25) is 4.79 Å². The summed E-state index contributed by atoms with van der Waals surface area (Å²) in [6.07, 6.45) is 0. The largest absolute Gasteiger partial charge is 0.497 e. The molecule has 1 amide bonds. The predicted octanol–water partition coefficient (Wildman–Crippen LogP) is 3.68. The van der Waals surface area contributed by atoms with Crippen molar-refractivity contribution < 1.29 is 23.7 Å². The molecule has 2 aromatic carbocycles. The lowest BCUT2D eigenvalue weighted by Gasteiger charge is -2.12. The molecular formula is C21H22N2O5S. The number of aromatic nitrogens is 1. The van der Waals surface area contributed by atoms with Gasteiger partial charge in [-0.15, -0.1) is 11.3 Å². The van der Waals surface area contributed by atoms with Crippen LogP contribution in [0.1, 0.15) is 21.6 Å². The van der Waals surface area contributed by atoms with E-state index in [9.17, 15) is 4.79 Å². The maximum atomic E-state index is 12.6. The Morgan fingerprint density at radius 3 is 2.38 bits per heavy atom. The minimum absolute atomic E-state index is 0.226. The molecule has 3 rings (SSSR count). The molecule has 0 spiro atoms. The van der Waals surface area contributed by atoms with Gasteiger partial charge in [0.2, 0.25) is 0 Å². The van der Waals surface area contributed by atoms with Gasteiger partial charge in [0.25, 0.3) is 5.91 Å². The molecule has 0 aliphatic carbocycles. The van der Waals surface area contributed by atoms with Crippen LogP contribution in [0, 0.1) is 0 Å². The first-order valence-corrected chi connectivity index (χ1v) is 9.75. The Bertz CT molecular complexity index is 937. The lowest BCUT2D eigenvalue weighted by molar-refractivity contribution is 0.0950. The van der Waals surface area contributed by atoms with Crippen molar-refractivity contribution in [1.82, 2.24) is 10.3 Å². The maximum Gasteiger partial charge on any atom is 0.251 e. The molecule has 29 heavy (non-hydrogen) atoms. The van der Waals surface area contributed by atoms with E-state index < -0.39 is 0 Å². The van der Waals surface area contributed by atoms with E-state index >= 15 is 0 Å². The Balaban J connectivity index is 1.66. The quantitative estimate of drug-likeness (QED) is 0.576. The van der Waals surface area contributed by atoms with Crippen LogP contribution in [0.25, 0.3) is 0 Å². The smallest absolute Gasteiger partial charge is 0.251 e. The predicted molar refractivity (Wildman–Crippen MR) is 110 cm³/mol. The second-order valence-corrected chi connectivity index (χ2v) is 6.76. The summed E-state index contributed by atoms with van der Waals surface area (Å²) < 4.78 is 21.6. The standard InChI is InChI=1S/C21H22N2O5S/c1-25-17-6-14(7-18(9-17)26-2)10-22-21(24)15-4-5-19(20(8-15)27-3)28-11-16-12-29-13-23-16/h4-9,12-13H,10-11H2,1-3H3,(H,22,24). The minimum atomic E-state index is -0.226. The van der Waals surface area contributed by atoms with Gasteiger partial charge in [0.1, 0.15) is 18.1 Å². The second-order valence-electron chi connectivity index (χ2n) is 6.04. The fourth-order valence-electron chi connectivity index (χ4n) is 2.64. The maximum absolute atomic E-state index is 12.6. The third kappa shape index (κ3) is 5.39. The normalized spacial score (nSPS) is 10.3. The molecule has 0 fully saturated rings. The number of rotatable bonds is 9. The topological polar surface area (TPSA) is 78.9 Å². The van der Waals surface area contributed by atoms with E-state index in [1.807, 2.05) is 17.5 Å². The van der Waals surface area contributed by atoms with Gasteiger partial charge in [-0.2, -0.15) is 0 Å². The van der Waals surface area contributed by atoms with E-state index in [1.165, 1.54) is 18.4 Å². The minimum Gasteiger partial charge on any atom is -0.497 e. The Hall–Kier alpha value is -3.26. The highest BCUT2D eigenvalue weighted by Gasteiger charge is 2.12. The van der Waals surface area contributed by atoms with Gasteiger partial charge in [-0.1, -0.05) is 0 Å². The average Bonchev–Trinajstić information content (AvgIpc) is 3.29. The van der Waals surface area contributed by atoms with E-state index in [1.54, 1.807) is 44.0 Å². The highest BCUT2D eigenvalue weighted by atomic mass is 32.1. The lowest BCUT2D eigenvalue weighted by atomic mass is 10.1. The van der Waals surface area contributed by atoms with Gasteiger partial charge >= 0.3 is 0 Å². The number of ether oxygens (including phenoxy) is 4.